The van der Waals surface area contributed by atoms with Crippen LogP contribution in [-0.4, -0.2) is 13.1 Å². The van der Waals surface area contributed by atoms with E-state index in [0.29, 0.717) is 5.41 Å². The van der Waals surface area contributed by atoms with Crippen LogP contribution in [0.5, 0.6) is 0 Å². The number of hydrogen-bond donors (Lipinski definition) is 1. The highest BCUT2D eigenvalue weighted by Crippen LogP contribution is 2.17. The summed E-state index contributed by atoms with van der Waals surface area (Å²) in [6.45, 7) is 12.6. The zero-order chi connectivity index (χ0) is 8.74. The van der Waals surface area contributed by atoms with Gasteiger partial charge in [-0.25, -0.2) is 0 Å². The number of rotatable bonds is 6. The van der Waals surface area contributed by atoms with E-state index in [1.807, 2.05) is 6.08 Å². The number of hydrogen-bond acceptors (Lipinski definition) is 1. The summed E-state index contributed by atoms with van der Waals surface area (Å²) in [6.07, 6.45) is 4.25. The Kier molecular flexibility index (Phi) is 5.22. The minimum atomic E-state index is 0.446. The molecule has 0 spiro atoms. The van der Waals surface area contributed by atoms with Crippen molar-refractivity contribution < 1.29 is 0 Å². The van der Waals surface area contributed by atoms with Gasteiger partial charge in [-0.15, -0.1) is 6.58 Å². The van der Waals surface area contributed by atoms with Crippen molar-refractivity contribution >= 4 is 0 Å². The van der Waals surface area contributed by atoms with E-state index in [-0.39, 0.29) is 0 Å². The fourth-order valence-electron chi connectivity index (χ4n) is 0.756. The molecule has 11 heavy (non-hydrogen) atoms. The second-order valence-corrected chi connectivity index (χ2v) is 3.77. The van der Waals surface area contributed by atoms with Gasteiger partial charge in [0.25, 0.3) is 0 Å². The van der Waals surface area contributed by atoms with Gasteiger partial charge in [0.15, 0.2) is 0 Å². The van der Waals surface area contributed by atoms with Crippen molar-refractivity contribution in [1.82, 2.24) is 5.32 Å². The van der Waals surface area contributed by atoms with Crippen LogP contribution in [0.1, 0.15) is 33.6 Å². The van der Waals surface area contributed by atoms with Gasteiger partial charge in [0.05, 0.1) is 0 Å². The molecule has 0 aromatic carbocycles. The molecule has 0 heterocycles. The Labute approximate surface area is 70.9 Å². The lowest BCUT2D eigenvalue weighted by atomic mass is 9.90. The zero-order valence-electron chi connectivity index (χ0n) is 8.11. The highest BCUT2D eigenvalue weighted by Gasteiger charge is 2.12. The lowest BCUT2D eigenvalue weighted by Crippen LogP contribution is -2.29. The molecular formula is C10H21N. The monoisotopic (exact) mass is 155 g/mol. The van der Waals surface area contributed by atoms with E-state index >= 15 is 0 Å². The highest BCUT2D eigenvalue weighted by atomic mass is 14.9. The third-order valence-corrected chi connectivity index (χ3v) is 2.09. The van der Waals surface area contributed by atoms with Gasteiger partial charge in [-0.3, -0.25) is 0 Å². The minimum Gasteiger partial charge on any atom is -0.316 e. The highest BCUT2D eigenvalue weighted by molar-refractivity contribution is 4.72. The summed E-state index contributed by atoms with van der Waals surface area (Å²) in [6, 6.07) is 0. The summed E-state index contributed by atoms with van der Waals surface area (Å²) >= 11 is 0. The van der Waals surface area contributed by atoms with Crippen molar-refractivity contribution in [2.75, 3.05) is 13.1 Å². The molecule has 0 aliphatic heterocycles. The van der Waals surface area contributed by atoms with Crippen LogP contribution < -0.4 is 5.32 Å². The zero-order valence-corrected chi connectivity index (χ0v) is 8.11. The Morgan fingerprint density at radius 1 is 1.45 bits per heavy atom. The van der Waals surface area contributed by atoms with Crippen LogP contribution in [0.3, 0.4) is 0 Å². The van der Waals surface area contributed by atoms with E-state index < -0.39 is 0 Å². The second-order valence-electron chi connectivity index (χ2n) is 3.77. The van der Waals surface area contributed by atoms with E-state index in [4.69, 9.17) is 0 Å². The molecule has 0 atom stereocenters. The van der Waals surface area contributed by atoms with Crippen LogP contribution in [0.25, 0.3) is 0 Å². The molecule has 0 aliphatic rings. The summed E-state index contributed by atoms with van der Waals surface area (Å²) < 4.78 is 0. The first-order valence-corrected chi connectivity index (χ1v) is 4.44. The summed E-state index contributed by atoms with van der Waals surface area (Å²) in [5.74, 6) is 0. The third kappa shape index (κ3) is 6.11. The van der Waals surface area contributed by atoms with E-state index in [9.17, 15) is 0 Å². The molecule has 0 aliphatic carbocycles. The molecule has 0 unspecified atom stereocenters. The van der Waals surface area contributed by atoms with Crippen LogP contribution in [0.4, 0.5) is 0 Å². The Morgan fingerprint density at radius 3 is 2.55 bits per heavy atom. The van der Waals surface area contributed by atoms with Gasteiger partial charge in [0, 0.05) is 6.54 Å². The third-order valence-electron chi connectivity index (χ3n) is 2.09. The van der Waals surface area contributed by atoms with E-state index in [1.165, 1.54) is 6.42 Å². The molecule has 0 aromatic rings. The van der Waals surface area contributed by atoms with E-state index in [2.05, 4.69) is 32.7 Å². The molecule has 0 bridgehead atoms. The minimum absolute atomic E-state index is 0.446. The maximum absolute atomic E-state index is 3.67. The predicted octanol–water partition coefficient (Wildman–Crippen LogP) is 2.59. The van der Waals surface area contributed by atoms with Crippen molar-refractivity contribution in [3.63, 3.8) is 0 Å². The van der Waals surface area contributed by atoms with Crippen molar-refractivity contribution in [2.45, 2.75) is 33.6 Å². The molecular weight excluding hydrogens is 134 g/mol. The molecule has 0 saturated heterocycles. The molecule has 1 heteroatoms. The Morgan fingerprint density at radius 2 is 2.09 bits per heavy atom. The van der Waals surface area contributed by atoms with Crippen LogP contribution >= 0.6 is 0 Å². The van der Waals surface area contributed by atoms with Crippen molar-refractivity contribution in [1.29, 1.82) is 0 Å². The van der Waals surface area contributed by atoms with Gasteiger partial charge in [0.1, 0.15) is 0 Å². The Hall–Kier alpha value is -0.300. The molecule has 0 amide bonds. The lowest BCUT2D eigenvalue weighted by Gasteiger charge is -2.22. The van der Waals surface area contributed by atoms with Gasteiger partial charge >= 0.3 is 0 Å². The summed E-state index contributed by atoms with van der Waals surface area (Å²) in [7, 11) is 0. The van der Waals surface area contributed by atoms with Crippen LogP contribution in [-0.2, 0) is 0 Å². The maximum Gasteiger partial charge on any atom is 0.000254 e. The van der Waals surface area contributed by atoms with Gasteiger partial charge < -0.3 is 5.32 Å². The summed E-state index contributed by atoms with van der Waals surface area (Å²) in [5, 5.41) is 3.41. The van der Waals surface area contributed by atoms with E-state index in [1.54, 1.807) is 0 Å². The fourth-order valence-corrected chi connectivity index (χ4v) is 0.756. The van der Waals surface area contributed by atoms with Gasteiger partial charge in [0.2, 0.25) is 0 Å². The first kappa shape index (κ1) is 10.7. The first-order chi connectivity index (χ1) is 5.12. The standard InChI is InChI=1S/C10H21N/c1-5-7-8-11-9-10(3,4)6-2/h5,11H,1,6-9H2,2-4H3. The fraction of sp³-hybridized carbons (Fsp3) is 0.800. The second kappa shape index (κ2) is 5.36. The Bertz CT molecular complexity index is 105. The SMILES string of the molecule is C=CCCNCC(C)(C)CC. The van der Waals surface area contributed by atoms with E-state index in [0.717, 1.165) is 19.5 Å². The van der Waals surface area contributed by atoms with Gasteiger partial charge in [-0.2, -0.15) is 0 Å². The lowest BCUT2D eigenvalue weighted by molar-refractivity contribution is 0.330. The first-order valence-electron chi connectivity index (χ1n) is 4.44. The topological polar surface area (TPSA) is 12.0 Å². The molecule has 1 N–H and O–H groups in total. The van der Waals surface area contributed by atoms with Crippen molar-refractivity contribution in [3.05, 3.63) is 12.7 Å². The molecule has 0 rings (SSSR count). The normalized spacial score (nSPS) is 11.5. The van der Waals surface area contributed by atoms with Crippen LogP contribution in [0.2, 0.25) is 0 Å². The maximum atomic E-state index is 3.67. The molecule has 0 radical (unpaired) electrons. The van der Waals surface area contributed by atoms with Crippen LogP contribution in [0.15, 0.2) is 12.7 Å². The molecule has 66 valence electrons. The largest absolute Gasteiger partial charge is 0.316 e. The molecule has 0 fully saturated rings. The van der Waals surface area contributed by atoms with Gasteiger partial charge in [-0.05, 0) is 24.8 Å². The molecule has 1 nitrogen and oxygen atoms in total. The molecule has 0 aromatic heterocycles. The Balaban J connectivity index is 3.29. The smallest absolute Gasteiger partial charge is 0.000254 e. The van der Waals surface area contributed by atoms with Crippen molar-refractivity contribution in [2.24, 2.45) is 5.41 Å². The summed E-state index contributed by atoms with van der Waals surface area (Å²) in [5.41, 5.74) is 0.446. The predicted molar refractivity (Wildman–Crippen MR) is 51.8 cm³/mol. The van der Waals surface area contributed by atoms with Gasteiger partial charge in [-0.1, -0.05) is 26.8 Å². The summed E-state index contributed by atoms with van der Waals surface area (Å²) in [4.78, 5) is 0. The average Bonchev–Trinajstić information content (AvgIpc) is 1.99. The van der Waals surface area contributed by atoms with Crippen molar-refractivity contribution in [3.8, 4) is 0 Å². The number of nitrogens with one attached hydrogen (secondary N) is 1. The van der Waals surface area contributed by atoms with Crippen LogP contribution in [0, 0.1) is 5.41 Å². The molecule has 0 saturated carbocycles. The quantitative estimate of drug-likeness (QED) is 0.459. The average molecular weight is 155 g/mol.